The van der Waals surface area contributed by atoms with Crippen molar-refractivity contribution in [2.45, 2.75) is 13.3 Å². The Hall–Kier alpha value is -1.91. The third kappa shape index (κ3) is 2.85. The molecule has 18 heavy (non-hydrogen) atoms. The Morgan fingerprint density at radius 2 is 2.00 bits per heavy atom. The number of aryl methyl sites for hydroxylation is 1. The Kier molecular flexibility index (Phi) is 3.92. The Balaban J connectivity index is 2.02. The lowest BCUT2D eigenvalue weighted by molar-refractivity contribution is -0.140. The van der Waals surface area contributed by atoms with Gasteiger partial charge in [-0.15, -0.1) is 0 Å². The minimum absolute atomic E-state index is 0.224. The second kappa shape index (κ2) is 5.62. The maximum atomic E-state index is 11.0. The summed E-state index contributed by atoms with van der Waals surface area (Å²) < 4.78 is 15.6. The van der Waals surface area contributed by atoms with E-state index in [1.54, 1.807) is 0 Å². The van der Waals surface area contributed by atoms with Crippen LogP contribution in [0.1, 0.15) is 12.0 Å². The Morgan fingerprint density at radius 1 is 1.33 bits per heavy atom. The first-order valence-corrected chi connectivity index (χ1v) is 5.91. The number of ether oxygens (including phenoxy) is 3. The smallest absolute Gasteiger partial charge is 0.307 e. The van der Waals surface area contributed by atoms with E-state index in [4.69, 9.17) is 9.47 Å². The van der Waals surface area contributed by atoms with Gasteiger partial charge in [-0.05, 0) is 18.6 Å². The van der Waals surface area contributed by atoms with Gasteiger partial charge in [0, 0.05) is 18.3 Å². The third-order valence-corrected chi connectivity index (χ3v) is 2.76. The number of carbonyl (C=O) groups excluding carboxylic acids is 1. The summed E-state index contributed by atoms with van der Waals surface area (Å²) in [4.78, 5) is 11.0. The molecular weight excluding hydrogens is 234 g/mol. The van der Waals surface area contributed by atoms with Crippen LogP contribution < -0.4 is 14.8 Å². The van der Waals surface area contributed by atoms with E-state index >= 15 is 0 Å². The van der Waals surface area contributed by atoms with Crippen LogP contribution >= 0.6 is 0 Å². The molecule has 0 spiro atoms. The van der Waals surface area contributed by atoms with Crippen LogP contribution in [0.2, 0.25) is 0 Å². The number of hydrogen-bond donors (Lipinski definition) is 1. The number of hydrogen-bond acceptors (Lipinski definition) is 5. The standard InChI is InChI=1S/C13H17NO4/c1-9-7-11-12(18-6-5-17-11)8-10(9)14-4-3-13(15)16-2/h7-8,14H,3-6H2,1-2H3. The molecule has 0 atom stereocenters. The number of nitrogens with one attached hydrogen (secondary N) is 1. The summed E-state index contributed by atoms with van der Waals surface area (Å²) in [7, 11) is 1.39. The van der Waals surface area contributed by atoms with Crippen LogP contribution in [0.15, 0.2) is 12.1 Å². The quantitative estimate of drug-likeness (QED) is 0.826. The minimum Gasteiger partial charge on any atom is -0.486 e. The van der Waals surface area contributed by atoms with Crippen molar-refractivity contribution >= 4 is 11.7 Å². The first-order chi connectivity index (χ1) is 8.70. The second-order valence-corrected chi connectivity index (χ2v) is 4.06. The minimum atomic E-state index is -0.224. The topological polar surface area (TPSA) is 56.8 Å². The second-order valence-electron chi connectivity index (χ2n) is 4.06. The summed E-state index contributed by atoms with van der Waals surface area (Å²) in [5.74, 6) is 1.29. The van der Waals surface area contributed by atoms with E-state index in [9.17, 15) is 4.79 Å². The highest BCUT2D eigenvalue weighted by atomic mass is 16.6. The number of benzene rings is 1. The first-order valence-electron chi connectivity index (χ1n) is 5.91. The van der Waals surface area contributed by atoms with Crippen molar-refractivity contribution < 1.29 is 19.0 Å². The molecule has 0 saturated heterocycles. The van der Waals surface area contributed by atoms with Crippen molar-refractivity contribution in [2.24, 2.45) is 0 Å². The molecule has 2 rings (SSSR count). The van der Waals surface area contributed by atoms with Gasteiger partial charge in [0.2, 0.25) is 0 Å². The van der Waals surface area contributed by atoms with Crippen LogP contribution in [-0.4, -0.2) is 32.8 Å². The number of carbonyl (C=O) groups is 1. The summed E-state index contributed by atoms with van der Waals surface area (Å²) >= 11 is 0. The van der Waals surface area contributed by atoms with Gasteiger partial charge in [-0.1, -0.05) is 0 Å². The third-order valence-electron chi connectivity index (χ3n) is 2.76. The first kappa shape index (κ1) is 12.5. The predicted octanol–water partition coefficient (Wildman–Crippen LogP) is 1.74. The number of esters is 1. The Morgan fingerprint density at radius 3 is 2.67 bits per heavy atom. The molecule has 0 aliphatic carbocycles. The van der Waals surface area contributed by atoms with Crippen molar-refractivity contribution in [1.82, 2.24) is 0 Å². The summed E-state index contributed by atoms with van der Waals surface area (Å²) in [6, 6.07) is 3.84. The molecule has 0 unspecified atom stereocenters. The molecule has 1 N–H and O–H groups in total. The van der Waals surface area contributed by atoms with Crippen LogP contribution in [0.5, 0.6) is 11.5 Å². The highest BCUT2D eigenvalue weighted by Crippen LogP contribution is 2.35. The summed E-state index contributed by atoms with van der Waals surface area (Å²) in [6.07, 6.45) is 0.338. The lowest BCUT2D eigenvalue weighted by atomic mass is 10.1. The van der Waals surface area contributed by atoms with Gasteiger partial charge in [0.25, 0.3) is 0 Å². The number of methoxy groups -OCH3 is 1. The van der Waals surface area contributed by atoms with Crippen molar-refractivity contribution in [3.63, 3.8) is 0 Å². The monoisotopic (exact) mass is 251 g/mol. The van der Waals surface area contributed by atoms with Crippen molar-refractivity contribution in [2.75, 3.05) is 32.2 Å². The lowest BCUT2D eigenvalue weighted by Crippen LogP contribution is -2.16. The zero-order valence-corrected chi connectivity index (χ0v) is 10.6. The van der Waals surface area contributed by atoms with E-state index < -0.39 is 0 Å². The molecule has 0 radical (unpaired) electrons. The van der Waals surface area contributed by atoms with E-state index in [1.807, 2.05) is 19.1 Å². The molecule has 1 aromatic rings. The van der Waals surface area contributed by atoms with E-state index in [2.05, 4.69) is 10.1 Å². The fourth-order valence-corrected chi connectivity index (χ4v) is 1.78. The average Bonchev–Trinajstić information content (AvgIpc) is 2.39. The van der Waals surface area contributed by atoms with Gasteiger partial charge in [0.15, 0.2) is 11.5 Å². The molecule has 0 fully saturated rings. The summed E-state index contributed by atoms with van der Waals surface area (Å²) in [6.45, 7) is 3.67. The Labute approximate surface area is 106 Å². The molecule has 1 aliphatic rings. The zero-order valence-electron chi connectivity index (χ0n) is 10.6. The molecule has 1 aromatic carbocycles. The van der Waals surface area contributed by atoms with Crippen LogP contribution in [0.4, 0.5) is 5.69 Å². The molecule has 5 nitrogen and oxygen atoms in total. The van der Waals surface area contributed by atoms with Gasteiger partial charge in [0.05, 0.1) is 13.5 Å². The van der Waals surface area contributed by atoms with Gasteiger partial charge in [-0.3, -0.25) is 4.79 Å². The molecule has 0 saturated carbocycles. The van der Waals surface area contributed by atoms with Crippen LogP contribution in [0.3, 0.4) is 0 Å². The SMILES string of the molecule is COC(=O)CCNc1cc2c(cc1C)OCCO2. The molecule has 98 valence electrons. The van der Waals surface area contributed by atoms with Crippen LogP contribution in [0.25, 0.3) is 0 Å². The number of fused-ring (bicyclic) bond motifs is 1. The molecule has 0 amide bonds. The van der Waals surface area contributed by atoms with Crippen molar-refractivity contribution in [3.8, 4) is 11.5 Å². The van der Waals surface area contributed by atoms with Gasteiger partial charge in [-0.25, -0.2) is 0 Å². The molecule has 1 aliphatic heterocycles. The summed E-state index contributed by atoms with van der Waals surface area (Å²) in [5, 5.41) is 3.19. The number of anilines is 1. The van der Waals surface area contributed by atoms with Crippen molar-refractivity contribution in [3.05, 3.63) is 17.7 Å². The van der Waals surface area contributed by atoms with E-state index in [0.717, 1.165) is 22.7 Å². The highest BCUT2D eigenvalue weighted by molar-refractivity contribution is 5.70. The van der Waals surface area contributed by atoms with Gasteiger partial charge in [0.1, 0.15) is 13.2 Å². The van der Waals surface area contributed by atoms with Gasteiger partial charge < -0.3 is 19.5 Å². The molecule has 5 heteroatoms. The van der Waals surface area contributed by atoms with Crippen LogP contribution in [0, 0.1) is 6.92 Å². The van der Waals surface area contributed by atoms with E-state index in [0.29, 0.717) is 26.2 Å². The normalized spacial score (nSPS) is 13.0. The average molecular weight is 251 g/mol. The molecule has 0 bridgehead atoms. The van der Waals surface area contributed by atoms with E-state index in [-0.39, 0.29) is 5.97 Å². The maximum absolute atomic E-state index is 11.0. The zero-order chi connectivity index (χ0) is 13.0. The molecular formula is C13H17NO4. The molecule has 0 aromatic heterocycles. The largest absolute Gasteiger partial charge is 0.486 e. The van der Waals surface area contributed by atoms with E-state index in [1.165, 1.54) is 7.11 Å². The van der Waals surface area contributed by atoms with Crippen molar-refractivity contribution in [1.29, 1.82) is 0 Å². The molecule has 1 heterocycles. The maximum Gasteiger partial charge on any atom is 0.307 e. The fraction of sp³-hybridized carbons (Fsp3) is 0.462. The highest BCUT2D eigenvalue weighted by Gasteiger charge is 2.14. The predicted molar refractivity (Wildman–Crippen MR) is 67.3 cm³/mol. The fourth-order valence-electron chi connectivity index (χ4n) is 1.78. The lowest BCUT2D eigenvalue weighted by Gasteiger charge is -2.20. The van der Waals surface area contributed by atoms with Gasteiger partial charge in [-0.2, -0.15) is 0 Å². The van der Waals surface area contributed by atoms with Crippen LogP contribution in [-0.2, 0) is 9.53 Å². The number of rotatable bonds is 4. The van der Waals surface area contributed by atoms with Gasteiger partial charge >= 0.3 is 5.97 Å². The Bertz CT molecular complexity index is 445. The summed E-state index contributed by atoms with van der Waals surface area (Å²) in [5.41, 5.74) is 2.01.